The van der Waals surface area contributed by atoms with Gasteiger partial charge in [-0.25, -0.2) is 0 Å². The van der Waals surface area contributed by atoms with Crippen LogP contribution in [0.4, 0.5) is 5.69 Å². The molecule has 0 aliphatic heterocycles. The monoisotopic (exact) mass is 316 g/mol. The normalized spacial score (nSPS) is 19.1. The maximum atomic E-state index is 5.88. The molecule has 1 fully saturated rings. The Balaban J connectivity index is 2.09. The summed E-state index contributed by atoms with van der Waals surface area (Å²) in [6, 6.07) is 8.53. The van der Waals surface area contributed by atoms with Crippen molar-refractivity contribution < 1.29 is 0 Å². The van der Waals surface area contributed by atoms with E-state index < -0.39 is 0 Å². The van der Waals surface area contributed by atoms with Crippen molar-refractivity contribution in [3.63, 3.8) is 0 Å². The van der Waals surface area contributed by atoms with Gasteiger partial charge in [-0.3, -0.25) is 0 Å². The van der Waals surface area contributed by atoms with Crippen molar-refractivity contribution >= 4 is 28.3 Å². The summed E-state index contributed by atoms with van der Waals surface area (Å²) >= 11 is 2.32. The predicted molar refractivity (Wildman–Crippen MR) is 73.0 cm³/mol. The summed E-state index contributed by atoms with van der Waals surface area (Å²) in [7, 11) is 0. The lowest BCUT2D eigenvalue weighted by atomic mass is 9.97. The summed E-state index contributed by atoms with van der Waals surface area (Å²) in [6.45, 7) is 0.735. The molecule has 82 valence electrons. The predicted octanol–water partition coefficient (Wildman–Crippen LogP) is 2.97. The molecule has 2 nitrogen and oxygen atoms in total. The molecule has 0 bridgehead atoms. The van der Waals surface area contributed by atoms with Crippen molar-refractivity contribution in [1.29, 1.82) is 0 Å². The van der Waals surface area contributed by atoms with Crippen LogP contribution in [0, 0.1) is 3.57 Å². The van der Waals surface area contributed by atoms with E-state index in [0.717, 1.165) is 6.54 Å². The lowest BCUT2D eigenvalue weighted by Crippen LogP contribution is -2.42. The third-order valence-corrected chi connectivity index (χ3v) is 3.92. The van der Waals surface area contributed by atoms with Gasteiger partial charge in [0.2, 0.25) is 0 Å². The summed E-state index contributed by atoms with van der Waals surface area (Å²) in [6.07, 6.45) is 5.01. The smallest absolute Gasteiger partial charge is 0.0495 e. The van der Waals surface area contributed by atoms with Crippen LogP contribution < -0.4 is 11.1 Å². The highest BCUT2D eigenvalue weighted by Gasteiger charge is 2.31. The number of hydrogen-bond donors (Lipinski definition) is 2. The molecule has 0 heterocycles. The van der Waals surface area contributed by atoms with Crippen LogP contribution in [0.5, 0.6) is 0 Å². The highest BCUT2D eigenvalue weighted by Crippen LogP contribution is 2.32. The topological polar surface area (TPSA) is 38.0 Å². The number of nitrogens with two attached hydrogens (primary N) is 1. The van der Waals surface area contributed by atoms with Crippen LogP contribution in [0.25, 0.3) is 0 Å². The van der Waals surface area contributed by atoms with Crippen molar-refractivity contribution in [3.8, 4) is 0 Å². The first-order valence-corrected chi connectivity index (χ1v) is 6.56. The van der Waals surface area contributed by atoms with Crippen LogP contribution in [0.2, 0.25) is 0 Å². The van der Waals surface area contributed by atoms with E-state index in [1.165, 1.54) is 34.9 Å². The minimum absolute atomic E-state index is 0.160. The van der Waals surface area contributed by atoms with Gasteiger partial charge in [-0.15, -0.1) is 0 Å². The second-order valence-electron chi connectivity index (χ2n) is 4.32. The summed E-state index contributed by atoms with van der Waals surface area (Å²) < 4.78 is 1.27. The summed E-state index contributed by atoms with van der Waals surface area (Å²) in [5.41, 5.74) is 7.24. The molecule has 0 spiro atoms. The molecule has 1 saturated carbocycles. The van der Waals surface area contributed by atoms with Crippen LogP contribution in [-0.2, 0) is 0 Å². The van der Waals surface area contributed by atoms with Gasteiger partial charge in [-0.1, -0.05) is 12.8 Å². The van der Waals surface area contributed by atoms with Gasteiger partial charge in [-0.2, -0.15) is 0 Å². The van der Waals surface area contributed by atoms with Gasteiger partial charge in [0.15, 0.2) is 0 Å². The third kappa shape index (κ3) is 2.64. The van der Waals surface area contributed by atoms with E-state index in [9.17, 15) is 0 Å². The molecule has 15 heavy (non-hydrogen) atoms. The van der Waals surface area contributed by atoms with Crippen molar-refractivity contribution in [2.24, 2.45) is 5.73 Å². The van der Waals surface area contributed by atoms with E-state index in [0.29, 0.717) is 0 Å². The maximum Gasteiger partial charge on any atom is 0.0495 e. The van der Waals surface area contributed by atoms with Crippen molar-refractivity contribution in [3.05, 3.63) is 27.8 Å². The molecule has 0 atom stereocenters. The molecule has 3 heteroatoms. The summed E-state index contributed by atoms with van der Waals surface area (Å²) in [5, 5.41) is 3.60. The standard InChI is InChI=1S/C12H17IN2/c13-10-3-5-11(6-4-10)15-12(9-14)7-1-2-8-12/h3-6,15H,1-2,7-9,14H2. The van der Waals surface area contributed by atoms with Gasteiger partial charge in [0.1, 0.15) is 0 Å². The zero-order chi connectivity index (χ0) is 10.7. The van der Waals surface area contributed by atoms with Crippen molar-refractivity contribution in [1.82, 2.24) is 0 Å². The van der Waals surface area contributed by atoms with Gasteiger partial charge in [0.25, 0.3) is 0 Å². The number of nitrogens with one attached hydrogen (secondary N) is 1. The second-order valence-corrected chi connectivity index (χ2v) is 5.57. The zero-order valence-electron chi connectivity index (χ0n) is 8.80. The molecule has 0 radical (unpaired) electrons. The third-order valence-electron chi connectivity index (χ3n) is 3.21. The van der Waals surface area contributed by atoms with E-state index in [4.69, 9.17) is 5.73 Å². The number of hydrogen-bond acceptors (Lipinski definition) is 2. The fourth-order valence-corrected chi connectivity index (χ4v) is 2.63. The minimum atomic E-state index is 0.160. The van der Waals surface area contributed by atoms with E-state index in [1.807, 2.05) is 0 Å². The van der Waals surface area contributed by atoms with Gasteiger partial charge in [0, 0.05) is 21.3 Å². The van der Waals surface area contributed by atoms with E-state index in [1.54, 1.807) is 0 Å². The Kier molecular flexibility index (Phi) is 3.51. The first-order valence-electron chi connectivity index (χ1n) is 5.48. The Bertz CT molecular complexity index is 315. The van der Waals surface area contributed by atoms with Gasteiger partial charge < -0.3 is 11.1 Å². The molecule has 0 amide bonds. The van der Waals surface area contributed by atoms with E-state index >= 15 is 0 Å². The summed E-state index contributed by atoms with van der Waals surface area (Å²) in [5.74, 6) is 0. The molecule has 1 aliphatic rings. The first kappa shape index (κ1) is 11.2. The highest BCUT2D eigenvalue weighted by atomic mass is 127. The lowest BCUT2D eigenvalue weighted by molar-refractivity contribution is 0.493. The Morgan fingerprint density at radius 2 is 1.80 bits per heavy atom. The summed E-state index contributed by atoms with van der Waals surface area (Å²) in [4.78, 5) is 0. The molecule has 2 rings (SSSR count). The van der Waals surface area contributed by atoms with E-state index in [2.05, 4.69) is 52.2 Å². The quantitative estimate of drug-likeness (QED) is 0.842. The molecule has 1 aromatic carbocycles. The van der Waals surface area contributed by atoms with Crippen molar-refractivity contribution in [2.75, 3.05) is 11.9 Å². The SMILES string of the molecule is NCC1(Nc2ccc(I)cc2)CCCC1. The number of halogens is 1. The molecule has 3 N–H and O–H groups in total. The Morgan fingerprint density at radius 1 is 1.20 bits per heavy atom. The van der Waals surface area contributed by atoms with Crippen molar-refractivity contribution in [2.45, 2.75) is 31.2 Å². The molecule has 1 aliphatic carbocycles. The highest BCUT2D eigenvalue weighted by molar-refractivity contribution is 14.1. The minimum Gasteiger partial charge on any atom is -0.378 e. The maximum absolute atomic E-state index is 5.88. The lowest BCUT2D eigenvalue weighted by Gasteiger charge is -2.30. The van der Waals surface area contributed by atoms with Crippen LogP contribution in [0.3, 0.4) is 0 Å². The molecule has 1 aromatic rings. The average molecular weight is 316 g/mol. The van der Waals surface area contributed by atoms with Crippen LogP contribution in [0.1, 0.15) is 25.7 Å². The Hall–Kier alpha value is -0.290. The number of anilines is 1. The first-order chi connectivity index (χ1) is 7.24. The molecular weight excluding hydrogens is 299 g/mol. The number of rotatable bonds is 3. The van der Waals surface area contributed by atoms with Gasteiger partial charge in [0.05, 0.1) is 0 Å². The van der Waals surface area contributed by atoms with Crippen LogP contribution in [-0.4, -0.2) is 12.1 Å². The largest absolute Gasteiger partial charge is 0.378 e. The van der Waals surface area contributed by atoms with E-state index in [-0.39, 0.29) is 5.54 Å². The molecule has 0 saturated heterocycles. The number of benzene rings is 1. The average Bonchev–Trinajstić information content (AvgIpc) is 2.71. The van der Waals surface area contributed by atoms with Crippen LogP contribution in [0.15, 0.2) is 24.3 Å². The van der Waals surface area contributed by atoms with Gasteiger partial charge in [-0.05, 0) is 59.7 Å². The molecular formula is C12H17IN2. The Morgan fingerprint density at radius 3 is 2.33 bits per heavy atom. The second kappa shape index (κ2) is 4.70. The van der Waals surface area contributed by atoms with Gasteiger partial charge >= 0.3 is 0 Å². The fourth-order valence-electron chi connectivity index (χ4n) is 2.27. The molecule has 0 aromatic heterocycles. The Labute approximate surface area is 105 Å². The van der Waals surface area contributed by atoms with Crippen LogP contribution >= 0.6 is 22.6 Å². The fraction of sp³-hybridized carbons (Fsp3) is 0.500. The molecule has 0 unspecified atom stereocenters. The zero-order valence-corrected chi connectivity index (χ0v) is 11.0.